The van der Waals surface area contributed by atoms with Gasteiger partial charge in [-0.1, -0.05) is 195 Å². The molecule has 0 heteroatoms. The van der Waals surface area contributed by atoms with Crippen molar-refractivity contribution in [2.75, 3.05) is 0 Å². The summed E-state index contributed by atoms with van der Waals surface area (Å²) in [6, 6.07) is 0. The molecule has 0 aromatic rings. The van der Waals surface area contributed by atoms with Crippen LogP contribution >= 0.6 is 0 Å². The topological polar surface area (TPSA) is 0 Å². The molecule has 33 heavy (non-hydrogen) atoms. The van der Waals surface area contributed by atoms with Gasteiger partial charge in [-0.15, -0.1) is 0 Å². The Labute approximate surface area is 212 Å². The van der Waals surface area contributed by atoms with Gasteiger partial charge in [0.2, 0.25) is 0 Å². The minimum atomic E-state index is 0.951. The average molecular weight is 465 g/mol. The summed E-state index contributed by atoms with van der Waals surface area (Å²) in [5, 5.41) is 0. The standard InChI is InChI=1S/C33H68/c1-6-8-10-12-14-15-17-21-27-32(4)29-24-30-33(5)28-23-19-18-22-26-31(3)25-20-16-13-11-9-7-2/h31-33H,6-30H2,1-5H3. The zero-order valence-corrected chi connectivity index (χ0v) is 24.4. The Balaban J connectivity index is 3.37. The second-order valence-corrected chi connectivity index (χ2v) is 12.1. The fraction of sp³-hybridized carbons (Fsp3) is 1.00. The molecule has 0 spiro atoms. The highest BCUT2D eigenvalue weighted by Crippen LogP contribution is 2.22. The summed E-state index contributed by atoms with van der Waals surface area (Å²) in [6.07, 6.45) is 36.5. The highest BCUT2D eigenvalue weighted by Gasteiger charge is 2.07. The van der Waals surface area contributed by atoms with Crippen LogP contribution in [0.5, 0.6) is 0 Å². The third kappa shape index (κ3) is 26.4. The van der Waals surface area contributed by atoms with Crippen LogP contribution < -0.4 is 0 Å². The van der Waals surface area contributed by atoms with E-state index in [1.54, 1.807) is 0 Å². The largest absolute Gasteiger partial charge is 0.0654 e. The van der Waals surface area contributed by atoms with Crippen molar-refractivity contribution in [2.45, 2.75) is 195 Å². The molecule has 0 fully saturated rings. The molecule has 200 valence electrons. The quantitative estimate of drug-likeness (QED) is 0.106. The summed E-state index contributed by atoms with van der Waals surface area (Å²) in [4.78, 5) is 0. The van der Waals surface area contributed by atoms with E-state index in [4.69, 9.17) is 0 Å². The lowest BCUT2D eigenvalue weighted by molar-refractivity contribution is 0.387. The van der Waals surface area contributed by atoms with E-state index < -0.39 is 0 Å². The molecule has 0 rings (SSSR count). The molecule has 3 atom stereocenters. The maximum Gasteiger partial charge on any atom is -0.0443 e. The second-order valence-electron chi connectivity index (χ2n) is 12.1. The van der Waals surface area contributed by atoms with Gasteiger partial charge in [0.05, 0.1) is 0 Å². The molecule has 3 unspecified atom stereocenters. The molecule has 0 saturated heterocycles. The van der Waals surface area contributed by atoms with Gasteiger partial charge >= 0.3 is 0 Å². The Morgan fingerprint density at radius 1 is 0.273 bits per heavy atom. The van der Waals surface area contributed by atoms with Gasteiger partial charge in [-0.2, -0.15) is 0 Å². The number of hydrogen-bond donors (Lipinski definition) is 0. The highest BCUT2D eigenvalue weighted by atomic mass is 14.1. The van der Waals surface area contributed by atoms with Gasteiger partial charge in [0.1, 0.15) is 0 Å². The molecule has 0 N–H and O–H groups in total. The maximum atomic E-state index is 2.51. The predicted octanol–water partition coefficient (Wildman–Crippen LogP) is 12.7. The molecule has 0 aromatic heterocycles. The molecular weight excluding hydrogens is 396 g/mol. The van der Waals surface area contributed by atoms with Crippen LogP contribution in [0.15, 0.2) is 0 Å². The van der Waals surface area contributed by atoms with Gasteiger partial charge in [-0.25, -0.2) is 0 Å². The van der Waals surface area contributed by atoms with Crippen molar-refractivity contribution in [3.63, 3.8) is 0 Å². The van der Waals surface area contributed by atoms with Gasteiger partial charge in [-0.05, 0) is 17.8 Å². The molecule has 0 heterocycles. The normalized spacial score (nSPS) is 14.5. The first-order valence-corrected chi connectivity index (χ1v) is 16.1. The van der Waals surface area contributed by atoms with Crippen molar-refractivity contribution in [1.82, 2.24) is 0 Å². The van der Waals surface area contributed by atoms with Crippen LogP contribution in [0.4, 0.5) is 0 Å². The molecule has 0 amide bonds. The molecule has 0 bridgehead atoms. The van der Waals surface area contributed by atoms with E-state index in [0.29, 0.717) is 0 Å². The second kappa shape index (κ2) is 26.6. The Kier molecular flexibility index (Phi) is 26.6. The predicted molar refractivity (Wildman–Crippen MR) is 154 cm³/mol. The van der Waals surface area contributed by atoms with E-state index in [1.165, 1.54) is 161 Å². The van der Waals surface area contributed by atoms with Crippen molar-refractivity contribution in [3.8, 4) is 0 Å². The van der Waals surface area contributed by atoms with Gasteiger partial charge in [0.15, 0.2) is 0 Å². The number of unbranched alkanes of at least 4 members (excludes halogenated alkanes) is 15. The van der Waals surface area contributed by atoms with E-state index in [0.717, 1.165) is 17.8 Å². The van der Waals surface area contributed by atoms with Crippen LogP contribution in [0, 0.1) is 17.8 Å². The Bertz CT molecular complexity index is 346. The lowest BCUT2D eigenvalue weighted by Crippen LogP contribution is -1.99. The fourth-order valence-corrected chi connectivity index (χ4v) is 5.49. The van der Waals surface area contributed by atoms with E-state index >= 15 is 0 Å². The summed E-state index contributed by atoms with van der Waals surface area (Å²) < 4.78 is 0. The van der Waals surface area contributed by atoms with Crippen LogP contribution in [0.25, 0.3) is 0 Å². The molecular formula is C33H68. The van der Waals surface area contributed by atoms with E-state index in [-0.39, 0.29) is 0 Å². The van der Waals surface area contributed by atoms with E-state index in [1.807, 2.05) is 0 Å². The van der Waals surface area contributed by atoms with Crippen molar-refractivity contribution < 1.29 is 0 Å². The van der Waals surface area contributed by atoms with Crippen LogP contribution in [-0.2, 0) is 0 Å². The summed E-state index contributed by atoms with van der Waals surface area (Å²) in [5.41, 5.74) is 0. The molecule has 0 nitrogen and oxygen atoms in total. The van der Waals surface area contributed by atoms with Crippen LogP contribution in [0.3, 0.4) is 0 Å². The first-order chi connectivity index (χ1) is 16.1. The molecule has 0 aliphatic carbocycles. The van der Waals surface area contributed by atoms with Crippen molar-refractivity contribution >= 4 is 0 Å². The van der Waals surface area contributed by atoms with Gasteiger partial charge < -0.3 is 0 Å². The average Bonchev–Trinajstić information content (AvgIpc) is 2.80. The highest BCUT2D eigenvalue weighted by molar-refractivity contribution is 4.60. The Morgan fingerprint density at radius 2 is 0.485 bits per heavy atom. The summed E-state index contributed by atoms with van der Waals surface area (Å²) >= 11 is 0. The lowest BCUT2D eigenvalue weighted by atomic mass is 9.92. The van der Waals surface area contributed by atoms with Crippen molar-refractivity contribution in [1.29, 1.82) is 0 Å². The number of rotatable bonds is 27. The Morgan fingerprint density at radius 3 is 0.758 bits per heavy atom. The van der Waals surface area contributed by atoms with E-state index in [2.05, 4.69) is 34.6 Å². The minimum absolute atomic E-state index is 0.951. The fourth-order valence-electron chi connectivity index (χ4n) is 5.49. The van der Waals surface area contributed by atoms with Gasteiger partial charge in [0, 0.05) is 0 Å². The maximum absolute atomic E-state index is 2.51. The monoisotopic (exact) mass is 465 g/mol. The van der Waals surface area contributed by atoms with Crippen molar-refractivity contribution in [2.24, 2.45) is 17.8 Å². The smallest absolute Gasteiger partial charge is 0.0443 e. The lowest BCUT2D eigenvalue weighted by Gasteiger charge is -2.15. The minimum Gasteiger partial charge on any atom is -0.0654 e. The summed E-state index contributed by atoms with van der Waals surface area (Å²) in [6.45, 7) is 12.1. The van der Waals surface area contributed by atoms with Crippen molar-refractivity contribution in [3.05, 3.63) is 0 Å². The first kappa shape index (κ1) is 33.0. The molecule has 0 radical (unpaired) electrons. The molecule has 0 aliphatic rings. The Hall–Kier alpha value is 0. The SMILES string of the molecule is CCCCCCCCCCC(C)CCCC(C)CCCCCCC(C)CCCCCCCC. The third-order valence-electron chi connectivity index (χ3n) is 8.14. The van der Waals surface area contributed by atoms with Gasteiger partial charge in [-0.3, -0.25) is 0 Å². The third-order valence-corrected chi connectivity index (χ3v) is 8.14. The molecule has 0 aliphatic heterocycles. The van der Waals surface area contributed by atoms with E-state index in [9.17, 15) is 0 Å². The van der Waals surface area contributed by atoms with Crippen LogP contribution in [0.1, 0.15) is 195 Å². The molecule has 0 aromatic carbocycles. The van der Waals surface area contributed by atoms with Crippen LogP contribution in [-0.4, -0.2) is 0 Å². The molecule has 0 saturated carbocycles. The van der Waals surface area contributed by atoms with Gasteiger partial charge in [0.25, 0.3) is 0 Å². The summed E-state index contributed by atoms with van der Waals surface area (Å²) in [7, 11) is 0. The zero-order valence-electron chi connectivity index (χ0n) is 24.4. The number of hydrogen-bond acceptors (Lipinski definition) is 0. The zero-order chi connectivity index (χ0) is 24.4. The van der Waals surface area contributed by atoms with Crippen LogP contribution in [0.2, 0.25) is 0 Å². The first-order valence-electron chi connectivity index (χ1n) is 16.1. The summed E-state index contributed by atoms with van der Waals surface area (Å²) in [5.74, 6) is 2.87.